The molecule has 1 amide bonds. The Kier molecular flexibility index (Phi) is 4.65. The zero-order valence-electron chi connectivity index (χ0n) is 13.5. The predicted molar refractivity (Wildman–Crippen MR) is 90.0 cm³/mol. The molecule has 124 valence electrons. The molecule has 6 heteroatoms. The van der Waals surface area contributed by atoms with E-state index >= 15 is 0 Å². The molecule has 0 atom stereocenters. The first-order chi connectivity index (χ1) is 11.7. The van der Waals surface area contributed by atoms with Crippen LogP contribution in [0.2, 0.25) is 0 Å². The van der Waals surface area contributed by atoms with Gasteiger partial charge in [0.15, 0.2) is 11.5 Å². The van der Waals surface area contributed by atoms with Crippen molar-refractivity contribution in [3.05, 3.63) is 53.1 Å². The number of carbonyl (C=O) groups is 1. The van der Waals surface area contributed by atoms with Crippen LogP contribution in [0.1, 0.15) is 28.4 Å². The molecule has 0 radical (unpaired) electrons. The van der Waals surface area contributed by atoms with Crippen LogP contribution in [0.25, 0.3) is 0 Å². The second-order valence-electron chi connectivity index (χ2n) is 5.21. The molecule has 1 aliphatic rings. The zero-order valence-corrected chi connectivity index (χ0v) is 13.5. The minimum atomic E-state index is -0.262. The van der Waals surface area contributed by atoms with Crippen molar-refractivity contribution in [1.29, 1.82) is 0 Å². The summed E-state index contributed by atoms with van der Waals surface area (Å²) in [5.41, 5.74) is 4.99. The lowest BCUT2D eigenvalue weighted by Gasteiger charge is -2.05. The predicted octanol–water partition coefficient (Wildman–Crippen LogP) is 2.75. The first-order valence-corrected chi connectivity index (χ1v) is 7.61. The lowest BCUT2D eigenvalue weighted by atomic mass is 10.1. The van der Waals surface area contributed by atoms with Crippen molar-refractivity contribution < 1.29 is 19.0 Å². The number of hydrogen-bond donors (Lipinski definition) is 1. The third kappa shape index (κ3) is 3.32. The highest BCUT2D eigenvalue weighted by molar-refractivity contribution is 5.95. The monoisotopic (exact) mass is 326 g/mol. The van der Waals surface area contributed by atoms with Gasteiger partial charge in [-0.1, -0.05) is 19.1 Å². The fourth-order valence-electron chi connectivity index (χ4n) is 2.35. The van der Waals surface area contributed by atoms with Gasteiger partial charge in [-0.25, -0.2) is 5.43 Å². The van der Waals surface area contributed by atoms with Gasteiger partial charge in [-0.2, -0.15) is 5.10 Å². The number of aryl methyl sites for hydroxylation is 1. The molecule has 0 unspecified atom stereocenters. The summed E-state index contributed by atoms with van der Waals surface area (Å²) in [4.78, 5) is 12.1. The van der Waals surface area contributed by atoms with E-state index in [9.17, 15) is 4.79 Å². The molecule has 0 spiro atoms. The van der Waals surface area contributed by atoms with Crippen LogP contribution in [0.5, 0.6) is 17.2 Å². The van der Waals surface area contributed by atoms with Crippen molar-refractivity contribution in [2.75, 3.05) is 13.9 Å². The van der Waals surface area contributed by atoms with E-state index in [1.807, 2.05) is 12.1 Å². The smallest absolute Gasteiger partial charge is 0.271 e. The van der Waals surface area contributed by atoms with Crippen LogP contribution >= 0.6 is 0 Å². The number of hydrogen-bond acceptors (Lipinski definition) is 5. The fraction of sp³-hybridized carbons (Fsp3) is 0.222. The highest BCUT2D eigenvalue weighted by Gasteiger charge is 2.19. The van der Waals surface area contributed by atoms with E-state index < -0.39 is 0 Å². The zero-order chi connectivity index (χ0) is 16.9. The first-order valence-electron chi connectivity index (χ1n) is 7.61. The molecule has 0 aromatic heterocycles. The molecular weight excluding hydrogens is 308 g/mol. The van der Waals surface area contributed by atoms with E-state index in [0.717, 1.165) is 12.0 Å². The van der Waals surface area contributed by atoms with Gasteiger partial charge >= 0.3 is 0 Å². The summed E-state index contributed by atoms with van der Waals surface area (Å²) in [5.74, 6) is 1.47. The Hall–Kier alpha value is -3.02. The minimum Gasteiger partial charge on any atom is -0.493 e. The number of rotatable bonds is 5. The second-order valence-corrected chi connectivity index (χ2v) is 5.21. The number of fused-ring (bicyclic) bond motifs is 1. The largest absolute Gasteiger partial charge is 0.493 e. The number of benzene rings is 2. The third-order valence-corrected chi connectivity index (χ3v) is 3.68. The van der Waals surface area contributed by atoms with Crippen molar-refractivity contribution in [2.24, 2.45) is 5.10 Å². The molecule has 6 nitrogen and oxygen atoms in total. The number of carbonyl (C=O) groups excluding carboxylic acids is 1. The summed E-state index contributed by atoms with van der Waals surface area (Å²) in [6, 6.07) is 11.0. The molecule has 0 aliphatic carbocycles. The van der Waals surface area contributed by atoms with E-state index in [2.05, 4.69) is 17.5 Å². The summed E-state index contributed by atoms with van der Waals surface area (Å²) < 4.78 is 15.9. The molecule has 0 fully saturated rings. The molecule has 1 N–H and O–H groups in total. The Bertz CT molecular complexity index is 769. The Labute approximate surface area is 140 Å². The minimum absolute atomic E-state index is 0.163. The van der Waals surface area contributed by atoms with Gasteiger partial charge < -0.3 is 14.2 Å². The second kappa shape index (κ2) is 7.04. The number of ether oxygens (including phenoxy) is 3. The van der Waals surface area contributed by atoms with Crippen molar-refractivity contribution in [1.82, 2.24) is 5.43 Å². The summed E-state index contributed by atoms with van der Waals surface area (Å²) in [7, 11) is 1.56. The van der Waals surface area contributed by atoms with Crippen LogP contribution in [0.15, 0.2) is 41.5 Å². The summed E-state index contributed by atoms with van der Waals surface area (Å²) in [6.07, 6.45) is 2.47. The van der Waals surface area contributed by atoms with Crippen LogP contribution in [-0.2, 0) is 6.42 Å². The standard InChI is InChI=1S/C18H18N2O4/c1-3-12-4-6-14(7-5-12)18(21)20-19-10-13-8-15(22-2)17-16(9-13)23-11-24-17/h4-10H,3,11H2,1-2H3,(H,20,21)/b19-10-. The molecule has 0 saturated carbocycles. The summed E-state index contributed by atoms with van der Waals surface area (Å²) in [5, 5.41) is 3.98. The molecule has 1 aliphatic heterocycles. The molecule has 3 rings (SSSR count). The number of nitrogens with one attached hydrogen (secondary N) is 1. The van der Waals surface area contributed by atoms with Crippen LogP contribution in [0.4, 0.5) is 0 Å². The highest BCUT2D eigenvalue weighted by Crippen LogP contribution is 2.41. The molecule has 2 aromatic rings. The number of amides is 1. The van der Waals surface area contributed by atoms with Crippen LogP contribution in [0, 0.1) is 0 Å². The summed E-state index contributed by atoms with van der Waals surface area (Å²) >= 11 is 0. The lowest BCUT2D eigenvalue weighted by molar-refractivity contribution is 0.0955. The van der Waals surface area contributed by atoms with E-state index in [0.29, 0.717) is 22.8 Å². The fourth-order valence-corrected chi connectivity index (χ4v) is 2.35. The Morgan fingerprint density at radius 1 is 1.29 bits per heavy atom. The van der Waals surface area contributed by atoms with Gasteiger partial charge in [0.05, 0.1) is 13.3 Å². The van der Waals surface area contributed by atoms with Gasteiger partial charge in [0.1, 0.15) is 0 Å². The average Bonchev–Trinajstić information content (AvgIpc) is 3.09. The van der Waals surface area contributed by atoms with Crippen molar-refractivity contribution in [2.45, 2.75) is 13.3 Å². The molecule has 0 bridgehead atoms. The third-order valence-electron chi connectivity index (χ3n) is 3.68. The van der Waals surface area contributed by atoms with E-state index in [1.54, 1.807) is 31.4 Å². The van der Waals surface area contributed by atoms with Gasteiger partial charge in [0.2, 0.25) is 12.5 Å². The molecule has 24 heavy (non-hydrogen) atoms. The van der Waals surface area contributed by atoms with E-state index in [1.165, 1.54) is 11.8 Å². The first kappa shape index (κ1) is 15.9. The molecule has 2 aromatic carbocycles. The highest BCUT2D eigenvalue weighted by atomic mass is 16.7. The Morgan fingerprint density at radius 3 is 2.79 bits per heavy atom. The maximum atomic E-state index is 12.1. The quantitative estimate of drug-likeness (QED) is 0.677. The number of methoxy groups -OCH3 is 1. The normalized spacial score (nSPS) is 12.4. The summed E-state index contributed by atoms with van der Waals surface area (Å²) in [6.45, 7) is 2.23. The van der Waals surface area contributed by atoms with E-state index in [4.69, 9.17) is 14.2 Å². The van der Waals surface area contributed by atoms with Gasteiger partial charge in [0, 0.05) is 11.1 Å². The van der Waals surface area contributed by atoms with Gasteiger partial charge in [-0.05, 0) is 36.2 Å². The Balaban J connectivity index is 1.68. The molecular formula is C18H18N2O4. The van der Waals surface area contributed by atoms with Crippen LogP contribution < -0.4 is 19.6 Å². The Morgan fingerprint density at radius 2 is 2.08 bits per heavy atom. The number of nitrogens with zero attached hydrogens (tertiary/aromatic N) is 1. The van der Waals surface area contributed by atoms with Crippen LogP contribution in [0.3, 0.4) is 0 Å². The maximum Gasteiger partial charge on any atom is 0.271 e. The van der Waals surface area contributed by atoms with E-state index in [-0.39, 0.29) is 12.7 Å². The van der Waals surface area contributed by atoms with Crippen LogP contribution in [-0.4, -0.2) is 26.0 Å². The van der Waals surface area contributed by atoms with Crippen molar-refractivity contribution in [3.8, 4) is 17.2 Å². The van der Waals surface area contributed by atoms with Gasteiger partial charge in [0.25, 0.3) is 5.91 Å². The van der Waals surface area contributed by atoms with Crippen molar-refractivity contribution >= 4 is 12.1 Å². The van der Waals surface area contributed by atoms with Gasteiger partial charge in [-0.3, -0.25) is 4.79 Å². The van der Waals surface area contributed by atoms with Crippen molar-refractivity contribution in [3.63, 3.8) is 0 Å². The molecule has 0 saturated heterocycles. The average molecular weight is 326 g/mol. The maximum absolute atomic E-state index is 12.1. The molecule has 1 heterocycles. The number of hydrazone groups is 1. The SMILES string of the molecule is CCc1ccc(C(=O)N/N=C\c2cc(OC)c3c(c2)OCO3)cc1. The topological polar surface area (TPSA) is 69.2 Å². The van der Waals surface area contributed by atoms with Gasteiger partial charge in [-0.15, -0.1) is 0 Å². The lowest BCUT2D eigenvalue weighted by Crippen LogP contribution is -2.17.